The summed E-state index contributed by atoms with van der Waals surface area (Å²) in [5.41, 5.74) is 1.05. The molecule has 4 amide bonds. The van der Waals surface area contributed by atoms with Crippen molar-refractivity contribution in [1.82, 2.24) is 21.3 Å². The largest absolute Gasteiger partial charge is 0.467 e. The third-order valence-corrected chi connectivity index (χ3v) is 7.97. The standard InChI is InChI=1S/C34H42ClFN4O6/c1-21(2)31(33(44)46-3)40-34(45)39-28(18-22-9-8-12-25(35)17-22)29(41)20-24-11-6-7-16-37-30(42)15-14-26(38-32(24)43)19-23-10-4-5-13-27(23)36/h4-5,8-10,12-15,17,21,24,26,28,31H,6-7,11,16,18-20H2,1-3H3,(H,37,42)(H,38,43)(H2,39,40,45)/b15-14+/t24-,26-,28+,31+/m1/s1. The van der Waals surface area contributed by atoms with Crippen molar-refractivity contribution in [3.63, 3.8) is 0 Å². The van der Waals surface area contributed by atoms with Gasteiger partial charge in [-0.15, -0.1) is 0 Å². The van der Waals surface area contributed by atoms with Crippen molar-refractivity contribution < 1.29 is 33.1 Å². The first kappa shape index (κ1) is 36.2. The molecule has 0 bridgehead atoms. The summed E-state index contributed by atoms with van der Waals surface area (Å²) >= 11 is 6.18. The second-order valence-corrected chi connectivity index (χ2v) is 12.1. The number of amides is 4. The highest BCUT2D eigenvalue weighted by atomic mass is 35.5. The van der Waals surface area contributed by atoms with E-state index in [4.69, 9.17) is 16.3 Å². The summed E-state index contributed by atoms with van der Waals surface area (Å²) in [6.07, 6.45) is 4.32. The fourth-order valence-electron chi connectivity index (χ4n) is 5.18. The van der Waals surface area contributed by atoms with Crippen molar-refractivity contribution in [3.8, 4) is 0 Å². The summed E-state index contributed by atoms with van der Waals surface area (Å²) < 4.78 is 19.3. The van der Waals surface area contributed by atoms with E-state index in [-0.39, 0.29) is 31.1 Å². The van der Waals surface area contributed by atoms with Gasteiger partial charge in [0.1, 0.15) is 11.9 Å². The number of carbonyl (C=O) groups is 5. The molecule has 46 heavy (non-hydrogen) atoms. The molecule has 4 N–H and O–H groups in total. The number of nitrogens with one attached hydrogen (secondary N) is 4. The van der Waals surface area contributed by atoms with Crippen molar-refractivity contribution >= 4 is 41.2 Å². The maximum atomic E-state index is 14.5. The number of ketones is 1. The van der Waals surface area contributed by atoms with Gasteiger partial charge in [0, 0.05) is 30.0 Å². The molecule has 2 aromatic rings. The Hall–Kier alpha value is -4.25. The van der Waals surface area contributed by atoms with E-state index in [0.717, 1.165) is 0 Å². The average molecular weight is 657 g/mol. The number of Topliss-reactive ketones (excluding diaryl/α,β-unsaturated/α-hetero) is 1. The Balaban J connectivity index is 1.83. The van der Waals surface area contributed by atoms with Crippen LogP contribution in [0.4, 0.5) is 9.18 Å². The van der Waals surface area contributed by atoms with Gasteiger partial charge in [0.15, 0.2) is 5.78 Å². The number of halogens is 2. The first-order valence-corrected chi connectivity index (χ1v) is 15.8. The van der Waals surface area contributed by atoms with Crippen LogP contribution < -0.4 is 21.3 Å². The first-order chi connectivity index (χ1) is 22.0. The van der Waals surface area contributed by atoms with Crippen LogP contribution in [0.15, 0.2) is 60.7 Å². The molecule has 4 atom stereocenters. The van der Waals surface area contributed by atoms with E-state index in [1.165, 1.54) is 25.3 Å². The molecule has 0 saturated carbocycles. The maximum Gasteiger partial charge on any atom is 0.328 e. The Morgan fingerprint density at radius 1 is 1.07 bits per heavy atom. The molecule has 0 unspecified atom stereocenters. The molecular formula is C34H42ClFN4O6. The van der Waals surface area contributed by atoms with Crippen molar-refractivity contribution in [2.24, 2.45) is 11.8 Å². The van der Waals surface area contributed by atoms with Gasteiger partial charge in [0.25, 0.3) is 0 Å². The summed E-state index contributed by atoms with van der Waals surface area (Å²) in [5, 5.41) is 11.4. The molecule has 1 aliphatic heterocycles. The van der Waals surface area contributed by atoms with Gasteiger partial charge in [-0.25, -0.2) is 14.0 Å². The van der Waals surface area contributed by atoms with Crippen LogP contribution in [-0.4, -0.2) is 61.4 Å². The maximum absolute atomic E-state index is 14.5. The highest BCUT2D eigenvalue weighted by Crippen LogP contribution is 2.20. The first-order valence-electron chi connectivity index (χ1n) is 15.4. The summed E-state index contributed by atoms with van der Waals surface area (Å²) in [6, 6.07) is 9.61. The van der Waals surface area contributed by atoms with Crippen molar-refractivity contribution in [1.29, 1.82) is 0 Å². The van der Waals surface area contributed by atoms with Gasteiger partial charge < -0.3 is 26.0 Å². The smallest absolute Gasteiger partial charge is 0.328 e. The van der Waals surface area contributed by atoms with Crippen LogP contribution in [0.5, 0.6) is 0 Å². The highest BCUT2D eigenvalue weighted by Gasteiger charge is 2.31. The summed E-state index contributed by atoms with van der Waals surface area (Å²) in [4.78, 5) is 65.1. The van der Waals surface area contributed by atoms with E-state index in [1.807, 2.05) is 0 Å². The van der Waals surface area contributed by atoms with Crippen molar-refractivity contribution in [3.05, 3.63) is 82.6 Å². The number of ether oxygens (including phenoxy) is 1. The molecule has 12 heteroatoms. The molecule has 0 fully saturated rings. The quantitative estimate of drug-likeness (QED) is 0.269. The molecule has 1 aliphatic rings. The number of methoxy groups -OCH3 is 1. The Kier molecular flexibility index (Phi) is 14.2. The summed E-state index contributed by atoms with van der Waals surface area (Å²) in [6.45, 7) is 3.89. The van der Waals surface area contributed by atoms with E-state index >= 15 is 0 Å². The lowest BCUT2D eigenvalue weighted by atomic mass is 9.90. The van der Waals surface area contributed by atoms with Crippen molar-refractivity contribution in [2.75, 3.05) is 13.7 Å². The zero-order chi connectivity index (χ0) is 33.6. The minimum absolute atomic E-state index is 0.0937. The van der Waals surface area contributed by atoms with Crippen LogP contribution in [0, 0.1) is 17.7 Å². The number of hydrogen-bond acceptors (Lipinski definition) is 6. The molecule has 0 saturated heterocycles. The number of esters is 1. The van der Waals surface area contributed by atoms with E-state index in [2.05, 4.69) is 21.3 Å². The van der Waals surface area contributed by atoms with E-state index in [0.29, 0.717) is 42.0 Å². The number of benzene rings is 2. The fourth-order valence-corrected chi connectivity index (χ4v) is 5.39. The minimum Gasteiger partial charge on any atom is -0.467 e. The molecule has 0 radical (unpaired) electrons. The topological polar surface area (TPSA) is 143 Å². The molecular weight excluding hydrogens is 615 g/mol. The lowest BCUT2D eigenvalue weighted by Crippen LogP contribution is -2.53. The van der Waals surface area contributed by atoms with Gasteiger partial charge in [-0.2, -0.15) is 0 Å². The fraction of sp³-hybridized carbons (Fsp3) is 0.441. The minimum atomic E-state index is -1.05. The molecule has 3 rings (SSSR count). The molecule has 2 aromatic carbocycles. The van der Waals surface area contributed by atoms with E-state index < -0.39 is 53.6 Å². The number of rotatable bonds is 11. The highest BCUT2D eigenvalue weighted by molar-refractivity contribution is 6.30. The van der Waals surface area contributed by atoms with Crippen molar-refractivity contribution in [2.45, 2.75) is 70.5 Å². The van der Waals surface area contributed by atoms with Crippen LogP contribution >= 0.6 is 11.6 Å². The lowest BCUT2D eigenvalue weighted by molar-refractivity contribution is -0.144. The predicted octanol–water partition coefficient (Wildman–Crippen LogP) is 4.05. The third kappa shape index (κ3) is 11.6. The Morgan fingerprint density at radius 3 is 2.52 bits per heavy atom. The molecule has 248 valence electrons. The monoisotopic (exact) mass is 656 g/mol. The van der Waals surface area contributed by atoms with Gasteiger partial charge >= 0.3 is 12.0 Å². The van der Waals surface area contributed by atoms with Gasteiger partial charge in [0.2, 0.25) is 11.8 Å². The second-order valence-electron chi connectivity index (χ2n) is 11.7. The predicted molar refractivity (Wildman–Crippen MR) is 172 cm³/mol. The lowest BCUT2D eigenvalue weighted by Gasteiger charge is -2.25. The number of carbonyl (C=O) groups excluding carboxylic acids is 5. The van der Waals surface area contributed by atoms with Gasteiger partial charge in [0.05, 0.1) is 19.2 Å². The molecule has 0 aromatic heterocycles. The average Bonchev–Trinajstić information content (AvgIpc) is 3.01. The zero-order valence-corrected chi connectivity index (χ0v) is 27.1. The van der Waals surface area contributed by atoms with Crippen LogP contribution in [0.1, 0.15) is 50.7 Å². The molecule has 10 nitrogen and oxygen atoms in total. The van der Waals surface area contributed by atoms with Crippen LogP contribution in [0.2, 0.25) is 5.02 Å². The Bertz CT molecular complexity index is 1420. The van der Waals surface area contributed by atoms with Gasteiger partial charge in [-0.3, -0.25) is 14.4 Å². The van der Waals surface area contributed by atoms with E-state index in [1.54, 1.807) is 56.3 Å². The van der Waals surface area contributed by atoms with Crippen LogP contribution in [0.25, 0.3) is 0 Å². The van der Waals surface area contributed by atoms with E-state index in [9.17, 15) is 28.4 Å². The van der Waals surface area contributed by atoms with Crippen LogP contribution in [0.3, 0.4) is 0 Å². The number of hydrogen-bond donors (Lipinski definition) is 4. The molecule has 0 spiro atoms. The summed E-state index contributed by atoms with van der Waals surface area (Å²) in [5.74, 6) is -3.23. The Labute approximate surface area is 273 Å². The second kappa shape index (κ2) is 18.0. The van der Waals surface area contributed by atoms with Gasteiger partial charge in [-0.1, -0.05) is 68.3 Å². The molecule has 1 heterocycles. The Morgan fingerprint density at radius 2 is 1.83 bits per heavy atom. The zero-order valence-electron chi connectivity index (χ0n) is 26.3. The van der Waals surface area contributed by atoms with Gasteiger partial charge in [-0.05, 0) is 60.9 Å². The van der Waals surface area contributed by atoms with Crippen LogP contribution in [-0.2, 0) is 36.8 Å². The molecule has 0 aliphatic carbocycles. The summed E-state index contributed by atoms with van der Waals surface area (Å²) in [7, 11) is 1.22. The third-order valence-electron chi connectivity index (χ3n) is 7.73. The number of urea groups is 1. The SMILES string of the molecule is COC(=O)[C@@H](NC(=O)N[C@@H](Cc1cccc(Cl)c1)C(=O)C[C@H]1CCCCNC(=O)/C=C/[C@H](Cc2ccccc2F)NC1=O)C(C)C. The normalized spacial score (nSPS) is 19.3.